The fourth-order valence-electron chi connectivity index (χ4n) is 2.25. The van der Waals surface area contributed by atoms with E-state index in [-0.39, 0.29) is 6.04 Å². The van der Waals surface area contributed by atoms with E-state index >= 15 is 0 Å². The van der Waals surface area contributed by atoms with Crippen molar-refractivity contribution in [2.24, 2.45) is 5.92 Å². The maximum atomic E-state index is 8.72. The maximum absolute atomic E-state index is 8.72. The third-order valence-electron chi connectivity index (χ3n) is 3.22. The van der Waals surface area contributed by atoms with Gasteiger partial charge < -0.3 is 5.32 Å². The van der Waals surface area contributed by atoms with Crippen LogP contribution in [0.25, 0.3) is 0 Å². The molecule has 0 radical (unpaired) electrons. The van der Waals surface area contributed by atoms with E-state index in [1.54, 1.807) is 0 Å². The Balaban J connectivity index is 1.96. The molecule has 1 N–H and O–H groups in total. The van der Waals surface area contributed by atoms with Gasteiger partial charge in [-0.25, -0.2) is 0 Å². The number of nitriles is 1. The van der Waals surface area contributed by atoms with Gasteiger partial charge in [0.15, 0.2) is 0 Å². The van der Waals surface area contributed by atoms with Crippen LogP contribution in [-0.2, 0) is 0 Å². The van der Waals surface area contributed by atoms with Crippen LogP contribution in [0.5, 0.6) is 0 Å². The van der Waals surface area contributed by atoms with Crippen molar-refractivity contribution in [3.63, 3.8) is 0 Å². The average Bonchev–Trinajstić information content (AvgIpc) is 2.71. The van der Waals surface area contributed by atoms with Gasteiger partial charge in [-0.15, -0.1) is 0 Å². The summed E-state index contributed by atoms with van der Waals surface area (Å²) in [7, 11) is 0. The minimum Gasteiger partial charge on any atom is -0.302 e. The van der Waals surface area contributed by atoms with Gasteiger partial charge in [-0.3, -0.25) is 0 Å². The number of nitrogens with zero attached hydrogens (tertiary/aromatic N) is 1. The summed E-state index contributed by atoms with van der Waals surface area (Å²) in [6.07, 6.45) is 9.27. The predicted octanol–water partition coefficient (Wildman–Crippen LogP) is 2.85. The van der Waals surface area contributed by atoms with Crippen molar-refractivity contribution in [2.75, 3.05) is 6.54 Å². The molecular formula is C12H22N2. The zero-order valence-electron chi connectivity index (χ0n) is 9.26. The second-order valence-electron chi connectivity index (χ2n) is 4.34. The van der Waals surface area contributed by atoms with E-state index < -0.39 is 0 Å². The number of hydrogen-bond donors (Lipinski definition) is 1. The molecule has 1 aliphatic carbocycles. The normalized spacial score (nSPS) is 19.4. The summed E-state index contributed by atoms with van der Waals surface area (Å²) >= 11 is 0. The van der Waals surface area contributed by atoms with E-state index in [2.05, 4.69) is 18.3 Å². The van der Waals surface area contributed by atoms with Crippen LogP contribution >= 0.6 is 0 Å². The van der Waals surface area contributed by atoms with Crippen molar-refractivity contribution < 1.29 is 0 Å². The monoisotopic (exact) mass is 194 g/mol. The van der Waals surface area contributed by atoms with Crippen molar-refractivity contribution in [3.8, 4) is 6.07 Å². The first-order valence-electron chi connectivity index (χ1n) is 5.99. The highest BCUT2D eigenvalue weighted by molar-refractivity contribution is 4.88. The Morgan fingerprint density at radius 2 is 2.14 bits per heavy atom. The summed E-state index contributed by atoms with van der Waals surface area (Å²) in [6, 6.07) is 2.34. The topological polar surface area (TPSA) is 35.8 Å². The molecule has 1 atom stereocenters. The van der Waals surface area contributed by atoms with E-state index in [0.29, 0.717) is 0 Å². The lowest BCUT2D eigenvalue weighted by Gasteiger charge is -2.11. The van der Waals surface area contributed by atoms with E-state index in [1.165, 1.54) is 38.5 Å². The molecule has 1 saturated carbocycles. The molecule has 80 valence electrons. The molecule has 0 aromatic rings. The van der Waals surface area contributed by atoms with Crippen LogP contribution in [0.4, 0.5) is 0 Å². The number of rotatable bonds is 6. The molecule has 2 nitrogen and oxygen atoms in total. The molecule has 0 heterocycles. The van der Waals surface area contributed by atoms with Gasteiger partial charge in [0.1, 0.15) is 0 Å². The Morgan fingerprint density at radius 3 is 2.71 bits per heavy atom. The second kappa shape index (κ2) is 6.84. The van der Waals surface area contributed by atoms with Crippen LogP contribution in [-0.4, -0.2) is 12.6 Å². The molecule has 2 heteroatoms. The largest absolute Gasteiger partial charge is 0.302 e. The molecule has 0 bridgehead atoms. The van der Waals surface area contributed by atoms with Crippen LogP contribution in [0.1, 0.15) is 51.9 Å². The lowest BCUT2D eigenvalue weighted by molar-refractivity contribution is 0.460. The quantitative estimate of drug-likeness (QED) is 0.660. The zero-order chi connectivity index (χ0) is 10.2. The highest BCUT2D eigenvalue weighted by Gasteiger charge is 2.14. The zero-order valence-corrected chi connectivity index (χ0v) is 9.26. The van der Waals surface area contributed by atoms with Crippen molar-refractivity contribution in [1.29, 1.82) is 5.26 Å². The number of hydrogen-bond acceptors (Lipinski definition) is 2. The molecule has 1 unspecified atom stereocenters. The van der Waals surface area contributed by atoms with Crippen LogP contribution in [0.3, 0.4) is 0 Å². The van der Waals surface area contributed by atoms with E-state index in [0.717, 1.165) is 18.9 Å². The van der Waals surface area contributed by atoms with E-state index in [4.69, 9.17) is 5.26 Å². The minimum absolute atomic E-state index is 0.0681. The molecule has 1 aliphatic rings. The summed E-state index contributed by atoms with van der Waals surface area (Å²) in [4.78, 5) is 0. The Morgan fingerprint density at radius 1 is 1.43 bits per heavy atom. The first-order valence-corrected chi connectivity index (χ1v) is 5.99. The van der Waals surface area contributed by atoms with Gasteiger partial charge in [0.05, 0.1) is 12.1 Å². The molecule has 0 aromatic heterocycles. The van der Waals surface area contributed by atoms with Gasteiger partial charge in [0.2, 0.25) is 0 Å². The van der Waals surface area contributed by atoms with Crippen molar-refractivity contribution >= 4 is 0 Å². The van der Waals surface area contributed by atoms with E-state index in [9.17, 15) is 0 Å². The van der Waals surface area contributed by atoms with Crippen molar-refractivity contribution in [3.05, 3.63) is 0 Å². The standard InChI is InChI=1S/C12H22N2/c1-2-12(10-13)14-9-5-8-11-6-3-4-7-11/h11-12,14H,2-9H2,1H3. The fraction of sp³-hybridized carbons (Fsp3) is 0.917. The molecule has 1 fully saturated rings. The van der Waals surface area contributed by atoms with Gasteiger partial charge >= 0.3 is 0 Å². The van der Waals surface area contributed by atoms with Crippen LogP contribution < -0.4 is 5.32 Å². The van der Waals surface area contributed by atoms with Gasteiger partial charge in [0, 0.05) is 0 Å². The van der Waals surface area contributed by atoms with Crippen LogP contribution in [0.15, 0.2) is 0 Å². The Kier molecular flexibility index (Phi) is 5.63. The fourth-order valence-corrected chi connectivity index (χ4v) is 2.25. The second-order valence-corrected chi connectivity index (χ2v) is 4.34. The van der Waals surface area contributed by atoms with Crippen LogP contribution in [0, 0.1) is 17.2 Å². The minimum atomic E-state index is 0.0681. The van der Waals surface area contributed by atoms with Crippen molar-refractivity contribution in [1.82, 2.24) is 5.32 Å². The SMILES string of the molecule is CCC(C#N)NCCCC1CCCC1. The summed E-state index contributed by atoms with van der Waals surface area (Å²) < 4.78 is 0. The summed E-state index contributed by atoms with van der Waals surface area (Å²) in [5.41, 5.74) is 0. The molecule has 0 spiro atoms. The third kappa shape index (κ3) is 4.11. The van der Waals surface area contributed by atoms with Gasteiger partial charge in [0.25, 0.3) is 0 Å². The molecule has 0 aromatic carbocycles. The van der Waals surface area contributed by atoms with Crippen molar-refractivity contribution in [2.45, 2.75) is 57.9 Å². The Bertz CT molecular complexity index is 177. The molecule has 0 amide bonds. The number of nitrogens with one attached hydrogen (secondary N) is 1. The third-order valence-corrected chi connectivity index (χ3v) is 3.22. The predicted molar refractivity (Wildman–Crippen MR) is 58.9 cm³/mol. The summed E-state index contributed by atoms with van der Waals surface area (Å²) in [6.45, 7) is 3.07. The molecule has 14 heavy (non-hydrogen) atoms. The smallest absolute Gasteiger partial charge is 0.0950 e. The summed E-state index contributed by atoms with van der Waals surface area (Å²) in [5.74, 6) is 0.985. The highest BCUT2D eigenvalue weighted by Crippen LogP contribution is 2.28. The molecule has 1 rings (SSSR count). The van der Waals surface area contributed by atoms with Crippen LogP contribution in [0.2, 0.25) is 0 Å². The lowest BCUT2D eigenvalue weighted by atomic mass is 10.0. The Labute approximate surface area is 87.7 Å². The van der Waals surface area contributed by atoms with E-state index in [1.807, 2.05) is 0 Å². The lowest BCUT2D eigenvalue weighted by Crippen LogP contribution is -2.27. The average molecular weight is 194 g/mol. The Hall–Kier alpha value is -0.550. The van der Waals surface area contributed by atoms with Gasteiger partial charge in [-0.05, 0) is 31.7 Å². The molecule has 0 saturated heterocycles. The molecule has 0 aliphatic heterocycles. The maximum Gasteiger partial charge on any atom is 0.0950 e. The highest BCUT2D eigenvalue weighted by atomic mass is 14.9. The summed E-state index contributed by atoms with van der Waals surface area (Å²) in [5, 5.41) is 12.0. The van der Waals surface area contributed by atoms with Gasteiger partial charge in [-0.2, -0.15) is 5.26 Å². The first kappa shape index (κ1) is 11.5. The van der Waals surface area contributed by atoms with Gasteiger partial charge in [-0.1, -0.05) is 32.6 Å². The molecular weight excluding hydrogens is 172 g/mol. The first-order chi connectivity index (χ1) is 6.86.